The number of hydrogen-bond donors (Lipinski definition) is 1. The lowest BCUT2D eigenvalue weighted by Gasteiger charge is -2.59. The van der Waals surface area contributed by atoms with Crippen LogP contribution in [0.3, 0.4) is 0 Å². The number of aliphatic hydroxyl groups is 1. The van der Waals surface area contributed by atoms with E-state index < -0.39 is 5.60 Å². The molecule has 2 nitrogen and oxygen atoms in total. The van der Waals surface area contributed by atoms with Crippen molar-refractivity contribution in [2.24, 2.45) is 34.5 Å². The predicted octanol–water partition coefficient (Wildman–Crippen LogP) is 4.52. The first-order chi connectivity index (χ1) is 10.9. The van der Waals surface area contributed by atoms with Gasteiger partial charge in [-0.1, -0.05) is 25.5 Å². The Labute approximate surface area is 140 Å². The van der Waals surface area contributed by atoms with Gasteiger partial charge < -0.3 is 9.90 Å². The van der Waals surface area contributed by atoms with Crippen LogP contribution < -0.4 is 0 Å². The monoisotopic (exact) mass is 316 g/mol. The fourth-order valence-electron chi connectivity index (χ4n) is 7.29. The Morgan fingerprint density at radius 3 is 2.65 bits per heavy atom. The van der Waals surface area contributed by atoms with Crippen molar-refractivity contribution < 1.29 is 9.90 Å². The summed E-state index contributed by atoms with van der Waals surface area (Å²) in [6, 6.07) is 0. The van der Waals surface area contributed by atoms with Gasteiger partial charge in [0.15, 0.2) is 0 Å². The Bertz CT molecular complexity index is 548. The highest BCUT2D eigenvalue weighted by atomic mass is 16.3. The van der Waals surface area contributed by atoms with E-state index in [1.54, 1.807) is 0 Å². The topological polar surface area (TPSA) is 37.3 Å². The van der Waals surface area contributed by atoms with Crippen molar-refractivity contribution in [3.8, 4) is 0 Å². The quantitative estimate of drug-likeness (QED) is 0.570. The molecule has 0 aromatic rings. The first-order valence-corrected chi connectivity index (χ1v) is 9.75. The molecular formula is C21H32O2. The summed E-state index contributed by atoms with van der Waals surface area (Å²) < 4.78 is 0. The van der Waals surface area contributed by atoms with Gasteiger partial charge in [-0.25, -0.2) is 0 Å². The lowest BCUT2D eigenvalue weighted by atomic mass is 9.45. The van der Waals surface area contributed by atoms with E-state index in [9.17, 15) is 9.90 Å². The molecule has 0 spiro atoms. The number of rotatable bonds is 1. The molecule has 4 aliphatic rings. The van der Waals surface area contributed by atoms with Crippen LogP contribution >= 0.6 is 0 Å². The molecule has 0 aliphatic heterocycles. The fraction of sp³-hybridized carbons (Fsp3) is 0.857. The molecule has 0 saturated heterocycles. The number of hydrogen-bond acceptors (Lipinski definition) is 2. The van der Waals surface area contributed by atoms with E-state index in [-0.39, 0.29) is 10.8 Å². The molecule has 0 aromatic carbocycles. The van der Waals surface area contributed by atoms with Crippen LogP contribution in [0.5, 0.6) is 0 Å². The van der Waals surface area contributed by atoms with Crippen molar-refractivity contribution in [2.45, 2.75) is 77.7 Å². The smallest absolute Gasteiger partial charge is 0.130 e. The highest BCUT2D eigenvalue weighted by molar-refractivity contribution is 5.67. The molecule has 0 aromatic heterocycles. The van der Waals surface area contributed by atoms with Crippen LogP contribution in [0.2, 0.25) is 0 Å². The van der Waals surface area contributed by atoms with E-state index >= 15 is 0 Å². The number of fused-ring (bicyclic) bond motifs is 5. The van der Waals surface area contributed by atoms with Gasteiger partial charge in [0, 0.05) is 0 Å². The Morgan fingerprint density at radius 1 is 1.17 bits per heavy atom. The van der Waals surface area contributed by atoms with E-state index in [1.165, 1.54) is 18.3 Å². The minimum Gasteiger partial charge on any atom is -0.390 e. The average Bonchev–Trinajstić information content (AvgIpc) is 2.78. The van der Waals surface area contributed by atoms with Gasteiger partial charge in [0.25, 0.3) is 0 Å². The minimum atomic E-state index is -0.525. The minimum absolute atomic E-state index is 0.0494. The molecule has 0 radical (unpaired) electrons. The van der Waals surface area contributed by atoms with E-state index in [2.05, 4.69) is 26.8 Å². The van der Waals surface area contributed by atoms with Crippen molar-refractivity contribution >= 4 is 6.29 Å². The lowest BCUT2D eigenvalue weighted by Crippen LogP contribution is -2.56. The normalized spacial score (nSPS) is 55.4. The second kappa shape index (κ2) is 4.94. The Balaban J connectivity index is 1.76. The first kappa shape index (κ1) is 15.9. The van der Waals surface area contributed by atoms with E-state index in [0.717, 1.165) is 44.9 Å². The highest BCUT2D eigenvalue weighted by Crippen LogP contribution is 2.67. The molecule has 3 fully saturated rings. The largest absolute Gasteiger partial charge is 0.390 e. The van der Waals surface area contributed by atoms with Crippen LogP contribution in [0.1, 0.15) is 72.1 Å². The van der Waals surface area contributed by atoms with Crippen molar-refractivity contribution in [2.75, 3.05) is 0 Å². The van der Waals surface area contributed by atoms with Gasteiger partial charge in [-0.3, -0.25) is 0 Å². The standard InChI is InChI=1S/C21H32O2/c1-14-12-15-17-8-11-20(3,23)19(17,2)10-7-18(15)21(13-22)9-5-4-6-16(14)21/h6,13-15,17-18,23H,4-5,7-12H2,1-3H3/t14-,15-,17-,18-,19-,20-,21+/m0/s1. The van der Waals surface area contributed by atoms with Crippen molar-refractivity contribution in [1.29, 1.82) is 0 Å². The zero-order chi connectivity index (χ0) is 16.5. The molecular weight excluding hydrogens is 284 g/mol. The molecule has 4 rings (SSSR count). The van der Waals surface area contributed by atoms with Crippen LogP contribution in [0.4, 0.5) is 0 Å². The van der Waals surface area contributed by atoms with Crippen molar-refractivity contribution in [3.05, 3.63) is 11.6 Å². The van der Waals surface area contributed by atoms with Gasteiger partial charge in [-0.05, 0) is 87.4 Å². The van der Waals surface area contributed by atoms with Crippen LogP contribution in [-0.4, -0.2) is 17.0 Å². The third kappa shape index (κ3) is 1.88. The highest BCUT2D eigenvalue weighted by Gasteiger charge is 2.63. The second-order valence-corrected chi connectivity index (χ2v) is 9.49. The molecule has 1 N–H and O–H groups in total. The molecule has 0 unspecified atom stereocenters. The van der Waals surface area contributed by atoms with Crippen LogP contribution in [0.15, 0.2) is 11.6 Å². The van der Waals surface area contributed by atoms with Gasteiger partial charge in [0.2, 0.25) is 0 Å². The predicted molar refractivity (Wildman–Crippen MR) is 91.9 cm³/mol. The maximum Gasteiger partial charge on any atom is 0.130 e. The molecule has 4 aliphatic carbocycles. The lowest BCUT2D eigenvalue weighted by molar-refractivity contribution is -0.139. The molecule has 23 heavy (non-hydrogen) atoms. The zero-order valence-corrected chi connectivity index (χ0v) is 15.0. The third-order valence-corrected chi connectivity index (χ3v) is 8.72. The van der Waals surface area contributed by atoms with E-state index in [1.807, 2.05) is 0 Å². The average molecular weight is 316 g/mol. The third-order valence-electron chi connectivity index (χ3n) is 8.72. The molecule has 0 bridgehead atoms. The fourth-order valence-corrected chi connectivity index (χ4v) is 7.29. The molecule has 128 valence electrons. The van der Waals surface area contributed by atoms with E-state index in [4.69, 9.17) is 0 Å². The molecule has 7 atom stereocenters. The van der Waals surface area contributed by atoms with Crippen molar-refractivity contribution in [1.82, 2.24) is 0 Å². The summed E-state index contributed by atoms with van der Waals surface area (Å²) >= 11 is 0. The van der Waals surface area contributed by atoms with Gasteiger partial charge in [0.05, 0.1) is 11.0 Å². The maximum absolute atomic E-state index is 12.3. The van der Waals surface area contributed by atoms with Gasteiger partial charge in [-0.15, -0.1) is 0 Å². The summed E-state index contributed by atoms with van der Waals surface area (Å²) in [5.74, 6) is 2.28. The summed E-state index contributed by atoms with van der Waals surface area (Å²) in [6.45, 7) is 6.72. The summed E-state index contributed by atoms with van der Waals surface area (Å²) in [5.41, 5.74) is 0.820. The van der Waals surface area contributed by atoms with Crippen LogP contribution in [0.25, 0.3) is 0 Å². The van der Waals surface area contributed by atoms with Crippen LogP contribution in [-0.2, 0) is 4.79 Å². The molecule has 0 amide bonds. The SMILES string of the molecule is C[C@H]1C[C@@H]2[C@H](CC[C@@]3(C)[C@H]2CC[C@]3(C)O)[C@@]2(C=O)CCCC=C12. The number of carbonyl (C=O) groups excluding carboxylic acids is 1. The first-order valence-electron chi connectivity index (χ1n) is 9.75. The summed E-state index contributed by atoms with van der Waals surface area (Å²) in [6.07, 6.45) is 12.6. The molecule has 2 heteroatoms. The van der Waals surface area contributed by atoms with Crippen LogP contribution in [0, 0.1) is 34.5 Å². The van der Waals surface area contributed by atoms with Gasteiger partial charge in [0.1, 0.15) is 6.29 Å². The van der Waals surface area contributed by atoms with Gasteiger partial charge >= 0.3 is 0 Å². The number of aldehydes is 1. The Hall–Kier alpha value is -0.630. The number of carbonyl (C=O) groups is 1. The van der Waals surface area contributed by atoms with Crippen molar-refractivity contribution in [3.63, 3.8) is 0 Å². The Morgan fingerprint density at radius 2 is 1.91 bits per heavy atom. The van der Waals surface area contributed by atoms with E-state index in [0.29, 0.717) is 23.7 Å². The maximum atomic E-state index is 12.3. The Kier molecular flexibility index (Phi) is 3.41. The summed E-state index contributed by atoms with van der Waals surface area (Å²) in [7, 11) is 0. The second-order valence-electron chi connectivity index (χ2n) is 9.49. The summed E-state index contributed by atoms with van der Waals surface area (Å²) in [4.78, 5) is 12.3. The molecule has 0 heterocycles. The van der Waals surface area contributed by atoms with Gasteiger partial charge in [-0.2, -0.15) is 0 Å². The molecule has 3 saturated carbocycles. The number of allylic oxidation sites excluding steroid dienone is 2. The zero-order valence-electron chi connectivity index (χ0n) is 15.0. The summed E-state index contributed by atoms with van der Waals surface area (Å²) in [5, 5.41) is 11.0.